The maximum Gasteiger partial charge on any atom is 0.271 e. The summed E-state index contributed by atoms with van der Waals surface area (Å²) in [6.07, 6.45) is -0.886. The molecule has 0 heterocycles. The van der Waals surface area contributed by atoms with Gasteiger partial charge in [0.2, 0.25) is 0 Å². The zero-order valence-corrected chi connectivity index (χ0v) is 15.6. The molecule has 0 saturated carbocycles. The van der Waals surface area contributed by atoms with Crippen LogP contribution < -0.4 is 14.8 Å². The fourth-order valence-electron chi connectivity index (χ4n) is 1.96. The normalized spacial score (nSPS) is 11.5. The molecular formula is C16H14BrClN2O5. The van der Waals surface area contributed by atoms with Crippen LogP contribution in [0.15, 0.2) is 40.9 Å². The van der Waals surface area contributed by atoms with Crippen molar-refractivity contribution in [2.75, 3.05) is 12.4 Å². The summed E-state index contributed by atoms with van der Waals surface area (Å²) in [5.74, 6) is 0.143. The fraction of sp³-hybridized carbons (Fsp3) is 0.188. The van der Waals surface area contributed by atoms with Gasteiger partial charge in [-0.3, -0.25) is 14.9 Å². The molecule has 2 aromatic rings. The van der Waals surface area contributed by atoms with Crippen molar-refractivity contribution in [2.24, 2.45) is 0 Å². The van der Waals surface area contributed by atoms with Gasteiger partial charge in [-0.2, -0.15) is 0 Å². The van der Waals surface area contributed by atoms with E-state index in [1.165, 1.54) is 32.2 Å². The van der Waals surface area contributed by atoms with Crippen LogP contribution in [0.4, 0.5) is 11.4 Å². The van der Waals surface area contributed by atoms with Crippen LogP contribution in [0.3, 0.4) is 0 Å². The van der Waals surface area contributed by atoms with Crippen molar-refractivity contribution in [1.82, 2.24) is 0 Å². The Labute approximate surface area is 157 Å². The molecule has 0 aliphatic heterocycles. The molecule has 0 radical (unpaired) electrons. The monoisotopic (exact) mass is 428 g/mol. The number of benzene rings is 2. The van der Waals surface area contributed by atoms with Crippen molar-refractivity contribution in [3.63, 3.8) is 0 Å². The molecule has 0 aromatic heterocycles. The van der Waals surface area contributed by atoms with Crippen LogP contribution in [0.5, 0.6) is 11.5 Å². The summed E-state index contributed by atoms with van der Waals surface area (Å²) in [5.41, 5.74) is 0.0136. The Balaban J connectivity index is 2.15. The maximum absolute atomic E-state index is 12.3. The lowest BCUT2D eigenvalue weighted by atomic mass is 10.2. The van der Waals surface area contributed by atoms with Crippen molar-refractivity contribution in [3.05, 3.63) is 56.0 Å². The number of methoxy groups -OCH3 is 1. The zero-order valence-electron chi connectivity index (χ0n) is 13.3. The Morgan fingerprint density at radius 3 is 2.56 bits per heavy atom. The Bertz CT molecular complexity index is 815. The van der Waals surface area contributed by atoms with Crippen molar-refractivity contribution >= 4 is 44.8 Å². The van der Waals surface area contributed by atoms with Gasteiger partial charge in [0, 0.05) is 16.6 Å². The molecule has 7 nitrogen and oxygen atoms in total. The van der Waals surface area contributed by atoms with Crippen LogP contribution in [0.2, 0.25) is 5.02 Å². The topological polar surface area (TPSA) is 90.7 Å². The van der Waals surface area contributed by atoms with E-state index in [0.29, 0.717) is 16.5 Å². The number of non-ortho nitro benzene ring substituents is 1. The molecule has 132 valence electrons. The van der Waals surface area contributed by atoms with E-state index in [4.69, 9.17) is 21.1 Å². The smallest absolute Gasteiger partial charge is 0.271 e. The SMILES string of the molecule is COc1ccc([N+](=O)[O-])cc1NC(=O)C(C)Oc1ccc(Br)cc1Cl. The number of anilines is 1. The highest BCUT2D eigenvalue weighted by atomic mass is 79.9. The number of nitrogens with zero attached hydrogens (tertiary/aromatic N) is 1. The van der Waals surface area contributed by atoms with E-state index < -0.39 is 16.9 Å². The van der Waals surface area contributed by atoms with E-state index in [1.807, 2.05) is 0 Å². The van der Waals surface area contributed by atoms with Crippen LogP contribution in [0.25, 0.3) is 0 Å². The van der Waals surface area contributed by atoms with Crippen LogP contribution in [-0.2, 0) is 4.79 Å². The van der Waals surface area contributed by atoms with Crippen LogP contribution >= 0.6 is 27.5 Å². The summed E-state index contributed by atoms with van der Waals surface area (Å²) in [4.78, 5) is 22.7. The third kappa shape index (κ3) is 4.83. The number of hydrogen-bond donors (Lipinski definition) is 1. The molecule has 0 fully saturated rings. The lowest BCUT2D eigenvalue weighted by Gasteiger charge is -2.17. The predicted octanol–water partition coefficient (Wildman–Crippen LogP) is 4.43. The van der Waals surface area contributed by atoms with Gasteiger partial charge in [-0.05, 0) is 31.2 Å². The van der Waals surface area contributed by atoms with E-state index in [0.717, 1.165) is 4.47 Å². The second kappa shape index (κ2) is 8.17. The highest BCUT2D eigenvalue weighted by Gasteiger charge is 2.19. The first-order valence-corrected chi connectivity index (χ1v) is 8.24. The summed E-state index contributed by atoms with van der Waals surface area (Å²) in [7, 11) is 1.40. The molecule has 25 heavy (non-hydrogen) atoms. The summed E-state index contributed by atoms with van der Waals surface area (Å²) < 4.78 is 11.4. The van der Waals surface area contributed by atoms with Gasteiger partial charge in [0.25, 0.3) is 11.6 Å². The molecule has 9 heteroatoms. The van der Waals surface area contributed by atoms with Crippen LogP contribution in [0, 0.1) is 10.1 Å². The van der Waals surface area contributed by atoms with Gasteiger partial charge in [0.15, 0.2) is 6.10 Å². The molecule has 1 unspecified atom stereocenters. The number of amides is 1. The van der Waals surface area contributed by atoms with Gasteiger partial charge >= 0.3 is 0 Å². The van der Waals surface area contributed by atoms with E-state index in [9.17, 15) is 14.9 Å². The Kier molecular flexibility index (Phi) is 6.22. The first-order valence-electron chi connectivity index (χ1n) is 7.07. The molecule has 0 saturated heterocycles. The molecule has 0 spiro atoms. The molecule has 1 N–H and O–H groups in total. The maximum atomic E-state index is 12.3. The molecule has 0 bridgehead atoms. The summed E-state index contributed by atoms with van der Waals surface area (Å²) in [5, 5.41) is 13.8. The molecule has 0 aliphatic rings. The number of nitrogens with one attached hydrogen (secondary N) is 1. The molecule has 0 aliphatic carbocycles. The number of carbonyl (C=O) groups is 1. The van der Waals surface area contributed by atoms with Crippen molar-refractivity contribution in [3.8, 4) is 11.5 Å². The standard InChI is InChI=1S/C16H14BrClN2O5/c1-9(25-14-5-3-10(17)7-12(14)18)16(21)19-13-8-11(20(22)23)4-6-15(13)24-2/h3-9H,1-2H3,(H,19,21). The van der Waals surface area contributed by atoms with Gasteiger partial charge in [-0.25, -0.2) is 0 Å². The van der Waals surface area contributed by atoms with Crippen molar-refractivity contribution < 1.29 is 19.2 Å². The van der Waals surface area contributed by atoms with Gasteiger partial charge in [-0.1, -0.05) is 27.5 Å². The fourth-order valence-corrected chi connectivity index (χ4v) is 2.67. The van der Waals surface area contributed by atoms with Crippen LogP contribution in [0.1, 0.15) is 6.92 Å². The highest BCUT2D eigenvalue weighted by molar-refractivity contribution is 9.10. The predicted molar refractivity (Wildman–Crippen MR) is 97.5 cm³/mol. The number of halogens is 2. The molecule has 2 aromatic carbocycles. The minimum absolute atomic E-state index is 0.166. The summed E-state index contributed by atoms with van der Waals surface area (Å²) in [6.45, 7) is 1.54. The molecule has 1 amide bonds. The quantitative estimate of drug-likeness (QED) is 0.542. The van der Waals surface area contributed by atoms with Crippen LogP contribution in [-0.4, -0.2) is 24.0 Å². The van der Waals surface area contributed by atoms with Gasteiger partial charge in [0.1, 0.15) is 11.5 Å². The van der Waals surface area contributed by atoms with Crippen molar-refractivity contribution in [1.29, 1.82) is 0 Å². The summed E-state index contributed by atoms with van der Waals surface area (Å²) in [6, 6.07) is 8.92. The lowest BCUT2D eigenvalue weighted by Crippen LogP contribution is -2.30. The number of nitro benzene ring substituents is 1. The average Bonchev–Trinajstić information content (AvgIpc) is 2.57. The largest absolute Gasteiger partial charge is 0.495 e. The van der Waals surface area contributed by atoms with E-state index in [-0.39, 0.29) is 11.4 Å². The molecular weight excluding hydrogens is 416 g/mol. The average molecular weight is 430 g/mol. The van der Waals surface area contributed by atoms with E-state index in [1.54, 1.807) is 18.2 Å². The molecule has 1 atom stereocenters. The number of ether oxygens (including phenoxy) is 2. The van der Waals surface area contributed by atoms with E-state index in [2.05, 4.69) is 21.2 Å². The molecule has 2 rings (SSSR count). The highest BCUT2D eigenvalue weighted by Crippen LogP contribution is 2.30. The van der Waals surface area contributed by atoms with Gasteiger partial charge < -0.3 is 14.8 Å². The second-order valence-corrected chi connectivity index (χ2v) is 6.29. The Hall–Kier alpha value is -2.32. The number of rotatable bonds is 6. The second-order valence-electron chi connectivity index (χ2n) is 4.97. The van der Waals surface area contributed by atoms with Crippen molar-refractivity contribution in [2.45, 2.75) is 13.0 Å². The summed E-state index contributed by atoms with van der Waals surface area (Å²) >= 11 is 9.34. The number of carbonyl (C=O) groups excluding carboxylic acids is 1. The first-order chi connectivity index (χ1) is 11.8. The number of hydrogen-bond acceptors (Lipinski definition) is 5. The lowest BCUT2D eigenvalue weighted by molar-refractivity contribution is -0.384. The van der Waals surface area contributed by atoms with Gasteiger partial charge in [0.05, 0.1) is 22.7 Å². The Morgan fingerprint density at radius 1 is 1.28 bits per heavy atom. The number of nitro groups is 1. The third-order valence-electron chi connectivity index (χ3n) is 3.22. The van der Waals surface area contributed by atoms with E-state index >= 15 is 0 Å². The first kappa shape index (κ1) is 19.0. The Morgan fingerprint density at radius 2 is 1.96 bits per heavy atom. The van der Waals surface area contributed by atoms with Gasteiger partial charge in [-0.15, -0.1) is 0 Å². The third-order valence-corrected chi connectivity index (χ3v) is 4.01. The zero-order chi connectivity index (χ0) is 18.6. The minimum Gasteiger partial charge on any atom is -0.495 e. The minimum atomic E-state index is -0.886.